The molecule has 17 heavy (non-hydrogen) atoms. The number of aromatic nitrogens is 3. The maximum Gasteiger partial charge on any atom is 0.232 e. The van der Waals surface area contributed by atoms with Crippen LogP contribution in [0.4, 0.5) is 5.95 Å². The van der Waals surface area contributed by atoms with Crippen molar-refractivity contribution in [3.63, 3.8) is 0 Å². The maximum absolute atomic E-state index is 11.8. The van der Waals surface area contributed by atoms with Crippen LogP contribution in [0.5, 0.6) is 0 Å². The topological polar surface area (TPSA) is 70.7 Å². The number of hydrogen-bond acceptors (Lipinski definition) is 3. The van der Waals surface area contributed by atoms with Gasteiger partial charge in [-0.1, -0.05) is 32.4 Å². The number of nitrogens with one attached hydrogen (secondary N) is 2. The number of H-pyrrole nitrogens is 1. The number of anilines is 1. The van der Waals surface area contributed by atoms with Gasteiger partial charge in [0.1, 0.15) is 11.0 Å². The quantitative estimate of drug-likeness (QED) is 0.767. The van der Waals surface area contributed by atoms with Crippen molar-refractivity contribution in [2.45, 2.75) is 20.8 Å². The highest BCUT2D eigenvalue weighted by Gasteiger charge is 2.22. The van der Waals surface area contributed by atoms with Crippen LogP contribution in [0.25, 0.3) is 11.4 Å². The molecule has 0 saturated carbocycles. The normalized spacial score (nSPS) is 11.8. The fourth-order valence-electron chi connectivity index (χ4n) is 1.25. The number of carbonyl (C=O) groups excluding carboxylic acids is 1. The number of amides is 1. The summed E-state index contributed by atoms with van der Waals surface area (Å²) < 4.78 is 0. The molecule has 0 atom stereocenters. The smallest absolute Gasteiger partial charge is 0.232 e. The zero-order chi connectivity index (χ0) is 12.6. The molecule has 90 valence electrons. The Labute approximate surface area is 104 Å². The zero-order valence-electron chi connectivity index (χ0n) is 9.84. The molecule has 0 unspecified atom stereocenters. The summed E-state index contributed by atoms with van der Waals surface area (Å²) in [5.74, 6) is 0.776. The van der Waals surface area contributed by atoms with Gasteiger partial charge >= 0.3 is 0 Å². The van der Waals surface area contributed by atoms with E-state index in [9.17, 15) is 4.79 Å². The minimum atomic E-state index is -0.490. The lowest BCUT2D eigenvalue weighted by Crippen LogP contribution is -2.28. The van der Waals surface area contributed by atoms with Crippen LogP contribution in [0, 0.1) is 5.41 Å². The van der Waals surface area contributed by atoms with E-state index in [2.05, 4.69) is 20.3 Å². The van der Waals surface area contributed by atoms with Gasteiger partial charge in [0.15, 0.2) is 0 Å². The molecular weight excluding hydrogens is 240 g/mol. The predicted octanol–water partition coefficient (Wildman–Crippen LogP) is 2.55. The largest absolute Gasteiger partial charge is 0.310 e. The molecule has 0 aromatic carbocycles. The van der Waals surface area contributed by atoms with Crippen molar-refractivity contribution in [2.24, 2.45) is 5.41 Å². The predicted molar refractivity (Wildman–Crippen MR) is 66.1 cm³/mol. The SMILES string of the molecule is CC(C)(C)C(=O)Nc1nc(Cl)c2ccnc-2[nH]1. The van der Waals surface area contributed by atoms with Crippen molar-refractivity contribution in [3.05, 3.63) is 17.4 Å². The van der Waals surface area contributed by atoms with Crippen LogP contribution >= 0.6 is 11.6 Å². The van der Waals surface area contributed by atoms with Crippen molar-refractivity contribution < 1.29 is 4.79 Å². The fraction of sp³-hybridized carbons (Fsp3) is 0.364. The third-order valence-corrected chi connectivity index (χ3v) is 2.57. The van der Waals surface area contributed by atoms with E-state index >= 15 is 0 Å². The molecule has 2 N–H and O–H groups in total. The Bertz CT molecular complexity index is 529. The number of carbonyl (C=O) groups is 1. The Morgan fingerprint density at radius 3 is 2.82 bits per heavy atom. The molecule has 0 aromatic rings. The summed E-state index contributed by atoms with van der Waals surface area (Å²) in [4.78, 5) is 22.8. The first-order chi connectivity index (χ1) is 7.88. The van der Waals surface area contributed by atoms with E-state index < -0.39 is 5.41 Å². The van der Waals surface area contributed by atoms with Crippen LogP contribution < -0.4 is 5.32 Å². The molecule has 6 heteroatoms. The van der Waals surface area contributed by atoms with E-state index in [-0.39, 0.29) is 5.91 Å². The van der Waals surface area contributed by atoms with Crippen LogP contribution in [0.15, 0.2) is 12.3 Å². The lowest BCUT2D eigenvalue weighted by atomic mass is 9.96. The average Bonchev–Trinajstić information content (AvgIpc) is 2.64. The summed E-state index contributed by atoms with van der Waals surface area (Å²) >= 11 is 5.98. The van der Waals surface area contributed by atoms with Gasteiger partial charge in [-0.15, -0.1) is 0 Å². The van der Waals surface area contributed by atoms with Gasteiger partial charge in [0.05, 0.1) is 5.56 Å². The molecule has 2 rings (SSSR count). The zero-order valence-corrected chi connectivity index (χ0v) is 10.6. The second-order valence-corrected chi connectivity index (χ2v) is 5.15. The van der Waals surface area contributed by atoms with Gasteiger partial charge in [0.2, 0.25) is 11.9 Å². The van der Waals surface area contributed by atoms with Gasteiger partial charge in [0.25, 0.3) is 0 Å². The molecule has 0 aliphatic carbocycles. The van der Waals surface area contributed by atoms with Crippen molar-refractivity contribution in [1.82, 2.24) is 15.0 Å². The van der Waals surface area contributed by atoms with Crippen molar-refractivity contribution in [3.8, 4) is 11.4 Å². The Morgan fingerprint density at radius 1 is 1.47 bits per heavy atom. The Balaban J connectivity index is 2.32. The van der Waals surface area contributed by atoms with Gasteiger partial charge in [-0.2, -0.15) is 0 Å². The minimum absolute atomic E-state index is 0.136. The van der Waals surface area contributed by atoms with E-state index in [0.717, 1.165) is 5.56 Å². The Kier molecular flexibility index (Phi) is 2.79. The highest BCUT2D eigenvalue weighted by Crippen LogP contribution is 2.27. The molecule has 0 radical (unpaired) electrons. The number of fused-ring (bicyclic) bond motifs is 1. The van der Waals surface area contributed by atoms with Gasteiger partial charge in [-0.25, -0.2) is 9.97 Å². The third kappa shape index (κ3) is 2.39. The molecule has 1 amide bonds. The molecule has 2 aliphatic rings. The van der Waals surface area contributed by atoms with E-state index in [4.69, 9.17) is 11.6 Å². The number of hydrogen-bond donors (Lipinski definition) is 2. The monoisotopic (exact) mass is 252 g/mol. The summed E-state index contributed by atoms with van der Waals surface area (Å²) in [5.41, 5.74) is 0.247. The number of rotatable bonds is 1. The number of halogens is 1. The van der Waals surface area contributed by atoms with Gasteiger partial charge in [0, 0.05) is 11.6 Å². The van der Waals surface area contributed by atoms with Crippen LogP contribution in [-0.2, 0) is 4.79 Å². The Hall–Kier alpha value is -1.62. The highest BCUT2D eigenvalue weighted by molar-refractivity contribution is 6.32. The second-order valence-electron chi connectivity index (χ2n) is 4.79. The van der Waals surface area contributed by atoms with Gasteiger partial charge < -0.3 is 4.98 Å². The lowest BCUT2D eigenvalue weighted by molar-refractivity contribution is -0.123. The summed E-state index contributed by atoms with van der Waals surface area (Å²) in [6.45, 7) is 5.47. The van der Waals surface area contributed by atoms with E-state index in [1.165, 1.54) is 0 Å². The first kappa shape index (κ1) is 11.9. The third-order valence-electron chi connectivity index (χ3n) is 2.28. The molecule has 0 fully saturated rings. The average molecular weight is 253 g/mol. The minimum Gasteiger partial charge on any atom is -0.310 e. The Morgan fingerprint density at radius 2 is 2.18 bits per heavy atom. The number of aromatic amines is 1. The maximum atomic E-state index is 11.8. The van der Waals surface area contributed by atoms with Crippen LogP contribution in [0.2, 0.25) is 5.15 Å². The molecule has 2 heterocycles. The fourth-order valence-corrected chi connectivity index (χ4v) is 1.49. The van der Waals surface area contributed by atoms with Gasteiger partial charge in [-0.05, 0) is 6.07 Å². The summed E-state index contributed by atoms with van der Waals surface area (Å²) in [6.07, 6.45) is 1.63. The molecular formula is C11H13ClN4O. The molecule has 5 nitrogen and oxygen atoms in total. The molecule has 0 aromatic heterocycles. The second kappa shape index (κ2) is 4.00. The molecule has 0 saturated heterocycles. The lowest BCUT2D eigenvalue weighted by Gasteiger charge is -2.17. The van der Waals surface area contributed by atoms with E-state index in [1.54, 1.807) is 12.3 Å². The molecule has 0 spiro atoms. The van der Waals surface area contributed by atoms with Gasteiger partial charge in [-0.3, -0.25) is 10.1 Å². The highest BCUT2D eigenvalue weighted by atomic mass is 35.5. The van der Waals surface area contributed by atoms with Crippen molar-refractivity contribution in [2.75, 3.05) is 5.32 Å². The number of nitrogens with zero attached hydrogens (tertiary/aromatic N) is 2. The van der Waals surface area contributed by atoms with Crippen LogP contribution in [0.3, 0.4) is 0 Å². The standard InChI is InChI=1S/C11H13ClN4O/c1-11(2,3)9(17)16-10-14-7(12)6-4-5-13-8(6)15-10/h4-5H,1-3H3,(H2,13,14,15,16,17). The van der Waals surface area contributed by atoms with E-state index in [0.29, 0.717) is 16.9 Å². The molecule has 0 bridgehead atoms. The molecule has 2 aliphatic heterocycles. The van der Waals surface area contributed by atoms with E-state index in [1.807, 2.05) is 20.8 Å². The van der Waals surface area contributed by atoms with Crippen molar-refractivity contribution >= 4 is 23.5 Å². The summed E-state index contributed by atoms with van der Waals surface area (Å²) in [6, 6.07) is 1.76. The van der Waals surface area contributed by atoms with Crippen LogP contribution in [-0.4, -0.2) is 20.9 Å². The first-order valence-corrected chi connectivity index (χ1v) is 5.57. The van der Waals surface area contributed by atoms with Crippen LogP contribution in [0.1, 0.15) is 20.8 Å². The first-order valence-electron chi connectivity index (χ1n) is 5.19. The summed E-state index contributed by atoms with van der Waals surface area (Å²) in [7, 11) is 0. The van der Waals surface area contributed by atoms with Crippen molar-refractivity contribution in [1.29, 1.82) is 0 Å². The summed E-state index contributed by atoms with van der Waals surface area (Å²) in [5, 5.41) is 2.99.